The van der Waals surface area contributed by atoms with Crippen molar-refractivity contribution in [1.82, 2.24) is 9.97 Å². The zero-order chi connectivity index (χ0) is 23.5. The Morgan fingerprint density at radius 3 is 2.47 bits per heavy atom. The monoisotopic (exact) mass is 449 g/mol. The summed E-state index contributed by atoms with van der Waals surface area (Å²) in [5.74, 6) is -1.35. The van der Waals surface area contributed by atoms with Crippen molar-refractivity contribution in [3.05, 3.63) is 53.1 Å². The fraction of sp³-hybridized carbons (Fsp3) is 0.391. The fourth-order valence-electron chi connectivity index (χ4n) is 3.81. The van der Waals surface area contributed by atoms with Gasteiger partial charge in [0.25, 0.3) is 0 Å². The first kappa shape index (κ1) is 22.1. The molecule has 1 heterocycles. The minimum Gasteiger partial charge on any atom is -0.508 e. The van der Waals surface area contributed by atoms with E-state index in [0.717, 1.165) is 0 Å². The lowest BCUT2D eigenvalue weighted by atomic mass is 9.85. The van der Waals surface area contributed by atoms with Gasteiger partial charge < -0.3 is 15.4 Å². The molecule has 5 nitrogen and oxygen atoms in total. The second-order valence-electron chi connectivity index (χ2n) is 9.34. The summed E-state index contributed by atoms with van der Waals surface area (Å²) in [6, 6.07) is 7.10. The van der Waals surface area contributed by atoms with Crippen LogP contribution in [0.3, 0.4) is 0 Å². The summed E-state index contributed by atoms with van der Waals surface area (Å²) >= 11 is 0. The number of phenols is 1. The molecular weight excluding hydrogens is 426 g/mol. The van der Waals surface area contributed by atoms with Crippen LogP contribution >= 0.6 is 0 Å². The summed E-state index contributed by atoms with van der Waals surface area (Å²) in [4.78, 5) is 19.4. The Kier molecular flexibility index (Phi) is 4.98. The molecule has 1 aromatic heterocycles. The number of imidazole rings is 1. The molecule has 4 rings (SSSR count). The minimum atomic E-state index is -4.38. The van der Waals surface area contributed by atoms with Gasteiger partial charge in [-0.1, -0.05) is 20.8 Å². The second kappa shape index (κ2) is 7.21. The van der Waals surface area contributed by atoms with E-state index < -0.39 is 28.7 Å². The lowest BCUT2D eigenvalue weighted by molar-refractivity contribution is -0.162. The number of benzene rings is 2. The maximum atomic E-state index is 14.9. The Hall–Kier alpha value is -3.10. The van der Waals surface area contributed by atoms with Crippen LogP contribution in [0.1, 0.15) is 50.6 Å². The van der Waals surface area contributed by atoms with Gasteiger partial charge in [0.05, 0.1) is 17.5 Å². The standard InChI is InChI=1S/C23H23F4N3O2/c1-21(2,3)15-11-14(31)8-12(19(15)24)9-18(32)28-13-4-5-16-17(10-13)30-20(29-16)22(6-7-22)23(25,26)27/h4-5,8,10-11,31H,6-7,9H2,1-3H3,(H,28,32)(H,29,30). The number of phenolic OH excluding ortho intramolecular Hbond substituents is 1. The summed E-state index contributed by atoms with van der Waals surface area (Å²) in [7, 11) is 0. The average Bonchev–Trinajstić information content (AvgIpc) is 3.38. The average molecular weight is 449 g/mol. The number of carbonyl (C=O) groups excluding carboxylic acids is 1. The number of carbonyl (C=O) groups is 1. The third-order valence-electron chi connectivity index (χ3n) is 5.80. The van der Waals surface area contributed by atoms with Crippen LogP contribution in [0, 0.1) is 5.82 Å². The number of hydrogen-bond acceptors (Lipinski definition) is 3. The second-order valence-corrected chi connectivity index (χ2v) is 9.34. The van der Waals surface area contributed by atoms with Gasteiger partial charge in [0.1, 0.15) is 22.8 Å². The van der Waals surface area contributed by atoms with Crippen molar-refractivity contribution >= 4 is 22.6 Å². The number of nitrogens with zero attached hydrogens (tertiary/aromatic N) is 1. The van der Waals surface area contributed by atoms with Crippen molar-refractivity contribution < 1.29 is 27.5 Å². The molecule has 1 aliphatic carbocycles. The van der Waals surface area contributed by atoms with Gasteiger partial charge in [-0.25, -0.2) is 9.37 Å². The predicted molar refractivity (Wildman–Crippen MR) is 112 cm³/mol. The molecule has 32 heavy (non-hydrogen) atoms. The fourth-order valence-corrected chi connectivity index (χ4v) is 3.81. The van der Waals surface area contributed by atoms with Gasteiger partial charge in [-0.05, 0) is 54.2 Å². The number of anilines is 1. The SMILES string of the molecule is CC(C)(C)c1cc(O)cc(CC(=O)Nc2ccc3[nH]c(C4(C(F)(F)F)CC4)nc3c2)c1F. The van der Waals surface area contributed by atoms with Crippen LogP contribution in [0.4, 0.5) is 23.2 Å². The van der Waals surface area contributed by atoms with E-state index in [1.54, 1.807) is 26.8 Å². The van der Waals surface area contributed by atoms with E-state index in [1.807, 2.05) is 0 Å². The molecule has 0 spiro atoms. The van der Waals surface area contributed by atoms with Crippen molar-refractivity contribution in [2.45, 2.75) is 57.0 Å². The largest absolute Gasteiger partial charge is 0.508 e. The molecule has 3 aromatic rings. The molecule has 0 saturated heterocycles. The van der Waals surface area contributed by atoms with Crippen LogP contribution in [0.2, 0.25) is 0 Å². The van der Waals surface area contributed by atoms with Crippen LogP contribution in [-0.2, 0) is 22.0 Å². The number of aromatic amines is 1. The zero-order valence-corrected chi connectivity index (χ0v) is 17.8. The van der Waals surface area contributed by atoms with E-state index in [2.05, 4.69) is 15.3 Å². The first-order chi connectivity index (χ1) is 14.8. The lowest BCUT2D eigenvalue weighted by Crippen LogP contribution is -2.29. The number of aromatic nitrogens is 2. The first-order valence-corrected chi connectivity index (χ1v) is 10.2. The predicted octanol–water partition coefficient (Wildman–Crippen LogP) is 5.48. The molecule has 1 aliphatic rings. The number of rotatable bonds is 4. The van der Waals surface area contributed by atoms with E-state index in [1.165, 1.54) is 24.3 Å². The molecule has 0 radical (unpaired) electrons. The molecule has 0 bridgehead atoms. The molecule has 3 N–H and O–H groups in total. The molecular formula is C23H23F4N3O2. The lowest BCUT2D eigenvalue weighted by Gasteiger charge is -2.21. The number of nitrogens with one attached hydrogen (secondary N) is 2. The van der Waals surface area contributed by atoms with Crippen molar-refractivity contribution in [3.63, 3.8) is 0 Å². The van der Waals surface area contributed by atoms with Gasteiger partial charge in [-0.15, -0.1) is 0 Å². The van der Waals surface area contributed by atoms with Gasteiger partial charge in [0.15, 0.2) is 0 Å². The molecule has 1 amide bonds. The van der Waals surface area contributed by atoms with Crippen LogP contribution < -0.4 is 5.32 Å². The maximum Gasteiger partial charge on any atom is 0.401 e. The Balaban J connectivity index is 1.54. The van der Waals surface area contributed by atoms with E-state index in [0.29, 0.717) is 22.3 Å². The number of halogens is 4. The molecule has 1 fully saturated rings. The van der Waals surface area contributed by atoms with Crippen LogP contribution in [-0.4, -0.2) is 27.2 Å². The highest BCUT2D eigenvalue weighted by atomic mass is 19.4. The summed E-state index contributed by atoms with van der Waals surface area (Å²) < 4.78 is 55.0. The number of alkyl halides is 3. The Morgan fingerprint density at radius 2 is 1.88 bits per heavy atom. The van der Waals surface area contributed by atoms with Crippen molar-refractivity contribution in [2.24, 2.45) is 0 Å². The molecule has 0 unspecified atom stereocenters. The van der Waals surface area contributed by atoms with E-state index in [4.69, 9.17) is 0 Å². The Bertz CT molecular complexity index is 1200. The molecule has 1 saturated carbocycles. The topological polar surface area (TPSA) is 78.0 Å². The molecule has 0 aliphatic heterocycles. The van der Waals surface area contributed by atoms with Gasteiger partial charge in [0.2, 0.25) is 5.91 Å². The normalized spacial score (nSPS) is 15.7. The van der Waals surface area contributed by atoms with E-state index in [9.17, 15) is 27.5 Å². The molecule has 9 heteroatoms. The summed E-state index contributed by atoms with van der Waals surface area (Å²) in [5, 5.41) is 12.6. The van der Waals surface area contributed by atoms with Crippen molar-refractivity contribution in [2.75, 3.05) is 5.32 Å². The van der Waals surface area contributed by atoms with Gasteiger partial charge in [-0.3, -0.25) is 4.79 Å². The highest BCUT2D eigenvalue weighted by molar-refractivity contribution is 5.94. The van der Waals surface area contributed by atoms with Gasteiger partial charge >= 0.3 is 6.18 Å². The van der Waals surface area contributed by atoms with Crippen molar-refractivity contribution in [1.29, 1.82) is 0 Å². The molecule has 170 valence electrons. The van der Waals surface area contributed by atoms with Crippen LogP contribution in [0.25, 0.3) is 11.0 Å². The van der Waals surface area contributed by atoms with Crippen molar-refractivity contribution in [3.8, 4) is 5.75 Å². The third-order valence-corrected chi connectivity index (χ3v) is 5.80. The first-order valence-electron chi connectivity index (χ1n) is 10.2. The van der Waals surface area contributed by atoms with E-state index >= 15 is 0 Å². The van der Waals surface area contributed by atoms with Gasteiger partial charge in [-0.2, -0.15) is 13.2 Å². The van der Waals surface area contributed by atoms with Gasteiger partial charge in [0, 0.05) is 11.3 Å². The summed E-state index contributed by atoms with van der Waals surface area (Å²) in [6.45, 7) is 5.39. The third kappa shape index (κ3) is 3.91. The number of aromatic hydroxyl groups is 1. The zero-order valence-electron chi connectivity index (χ0n) is 17.8. The maximum absolute atomic E-state index is 14.9. The number of fused-ring (bicyclic) bond motifs is 1. The molecule has 2 aromatic carbocycles. The Morgan fingerprint density at radius 1 is 1.19 bits per heavy atom. The minimum absolute atomic E-state index is 0.00798. The summed E-state index contributed by atoms with van der Waals surface area (Å²) in [6.07, 6.45) is -4.71. The highest BCUT2D eigenvalue weighted by Gasteiger charge is 2.66. The van der Waals surface area contributed by atoms with Crippen LogP contribution in [0.5, 0.6) is 5.75 Å². The number of amides is 1. The summed E-state index contributed by atoms with van der Waals surface area (Å²) in [5.41, 5.74) is -1.08. The quantitative estimate of drug-likeness (QED) is 0.462. The van der Waals surface area contributed by atoms with E-state index in [-0.39, 0.29) is 36.4 Å². The Labute approximate surface area is 181 Å². The number of hydrogen-bond donors (Lipinski definition) is 3. The smallest absolute Gasteiger partial charge is 0.401 e. The number of H-pyrrole nitrogens is 1. The highest BCUT2D eigenvalue weighted by Crippen LogP contribution is 2.58. The van der Waals surface area contributed by atoms with Crippen LogP contribution in [0.15, 0.2) is 30.3 Å². The molecule has 0 atom stereocenters.